The molecule has 120 valence electrons. The summed E-state index contributed by atoms with van der Waals surface area (Å²) in [5.41, 5.74) is 1.78. The predicted molar refractivity (Wildman–Crippen MR) is 84.8 cm³/mol. The Hall–Kier alpha value is -1.83. The second-order valence-corrected chi connectivity index (χ2v) is 6.51. The zero-order valence-electron chi connectivity index (χ0n) is 13.0. The number of carbonyl (C=O) groups excluding carboxylic acids is 2. The highest BCUT2D eigenvalue weighted by Gasteiger charge is 2.20. The fraction of sp³-hybridized carbons (Fsp3) is 0.571. The van der Waals surface area contributed by atoms with E-state index in [9.17, 15) is 9.59 Å². The van der Waals surface area contributed by atoms with Gasteiger partial charge in [0, 0.05) is 37.6 Å². The molecular formula is C14H21N5O2S. The molecule has 0 aliphatic carbocycles. The molecule has 1 aromatic rings. The molecule has 1 atom stereocenters. The van der Waals surface area contributed by atoms with Crippen molar-refractivity contribution in [3.63, 3.8) is 0 Å². The van der Waals surface area contributed by atoms with E-state index in [1.54, 1.807) is 4.90 Å². The van der Waals surface area contributed by atoms with Crippen LogP contribution in [0.3, 0.4) is 0 Å². The molecule has 1 unspecified atom stereocenters. The molecule has 0 spiro atoms. The van der Waals surface area contributed by atoms with Crippen LogP contribution >= 0.6 is 11.8 Å². The molecule has 1 fully saturated rings. The first kappa shape index (κ1) is 16.5. The number of nitrogens with one attached hydrogen (secondary N) is 2. The Labute approximate surface area is 134 Å². The van der Waals surface area contributed by atoms with E-state index in [1.165, 1.54) is 11.8 Å². The van der Waals surface area contributed by atoms with Crippen LogP contribution in [0, 0.1) is 13.8 Å². The summed E-state index contributed by atoms with van der Waals surface area (Å²) < 4.78 is 0. The van der Waals surface area contributed by atoms with Crippen LogP contribution in [0.4, 0.5) is 4.79 Å². The fourth-order valence-electron chi connectivity index (χ4n) is 2.14. The molecular weight excluding hydrogens is 302 g/mol. The van der Waals surface area contributed by atoms with Gasteiger partial charge in [0.1, 0.15) is 0 Å². The molecule has 2 heterocycles. The highest BCUT2D eigenvalue weighted by atomic mass is 32.2. The second-order valence-electron chi connectivity index (χ2n) is 5.20. The molecule has 1 aliphatic heterocycles. The summed E-state index contributed by atoms with van der Waals surface area (Å²) in [7, 11) is 0. The summed E-state index contributed by atoms with van der Waals surface area (Å²) in [5.74, 6) is -0.0765. The number of thioether (sulfide) groups is 1. The van der Waals surface area contributed by atoms with Crippen molar-refractivity contribution in [1.82, 2.24) is 25.5 Å². The van der Waals surface area contributed by atoms with Crippen LogP contribution in [-0.4, -0.2) is 58.2 Å². The van der Waals surface area contributed by atoms with Gasteiger partial charge in [-0.15, -0.1) is 0 Å². The lowest BCUT2D eigenvalue weighted by atomic mass is 10.4. The van der Waals surface area contributed by atoms with Crippen LogP contribution in [0.1, 0.15) is 18.3 Å². The van der Waals surface area contributed by atoms with Crippen molar-refractivity contribution in [3.8, 4) is 0 Å². The quantitative estimate of drug-likeness (QED) is 0.595. The van der Waals surface area contributed by atoms with Gasteiger partial charge in [0.25, 0.3) is 0 Å². The predicted octanol–water partition coefficient (Wildman–Crippen LogP) is 0.715. The Balaban J connectivity index is 1.78. The lowest BCUT2D eigenvalue weighted by Gasteiger charge is -2.16. The van der Waals surface area contributed by atoms with Gasteiger partial charge in [-0.1, -0.05) is 11.8 Å². The molecule has 0 radical (unpaired) electrons. The standard InChI is InChI=1S/C14H21N5O2S/c1-9-8-10(2)18-13(17-9)22-11(3)12(20)15-4-6-19-7-5-16-14(19)21/h8,11H,4-7H2,1-3H3,(H,15,20)(H,16,21). The smallest absolute Gasteiger partial charge is 0.317 e. The number of hydrogen-bond acceptors (Lipinski definition) is 5. The van der Waals surface area contributed by atoms with Gasteiger partial charge in [0.15, 0.2) is 5.16 Å². The van der Waals surface area contributed by atoms with E-state index in [4.69, 9.17) is 0 Å². The Morgan fingerprint density at radius 2 is 2.14 bits per heavy atom. The number of carbonyl (C=O) groups is 2. The summed E-state index contributed by atoms with van der Waals surface area (Å²) in [6.45, 7) is 7.97. The molecule has 2 N–H and O–H groups in total. The van der Waals surface area contributed by atoms with Gasteiger partial charge < -0.3 is 15.5 Å². The molecule has 22 heavy (non-hydrogen) atoms. The normalized spacial score (nSPS) is 15.6. The van der Waals surface area contributed by atoms with Gasteiger partial charge in [0.05, 0.1) is 5.25 Å². The number of amides is 3. The average Bonchev–Trinajstić information content (AvgIpc) is 2.83. The average molecular weight is 323 g/mol. The summed E-state index contributed by atoms with van der Waals surface area (Å²) in [6.07, 6.45) is 0. The summed E-state index contributed by atoms with van der Waals surface area (Å²) in [6, 6.07) is 1.83. The molecule has 1 aromatic heterocycles. The van der Waals surface area contributed by atoms with E-state index in [0.29, 0.717) is 31.3 Å². The van der Waals surface area contributed by atoms with Crippen LogP contribution < -0.4 is 10.6 Å². The number of aromatic nitrogens is 2. The molecule has 0 bridgehead atoms. The van der Waals surface area contributed by atoms with Crippen molar-refractivity contribution < 1.29 is 9.59 Å². The van der Waals surface area contributed by atoms with Gasteiger partial charge >= 0.3 is 6.03 Å². The van der Waals surface area contributed by atoms with Crippen LogP contribution in [-0.2, 0) is 4.79 Å². The highest BCUT2D eigenvalue weighted by Crippen LogP contribution is 2.19. The van der Waals surface area contributed by atoms with Crippen molar-refractivity contribution >= 4 is 23.7 Å². The van der Waals surface area contributed by atoms with E-state index < -0.39 is 0 Å². The number of aryl methyl sites for hydroxylation is 2. The zero-order chi connectivity index (χ0) is 16.1. The van der Waals surface area contributed by atoms with Crippen LogP contribution in [0.25, 0.3) is 0 Å². The van der Waals surface area contributed by atoms with Crippen LogP contribution in [0.15, 0.2) is 11.2 Å². The minimum absolute atomic E-state index is 0.0692. The van der Waals surface area contributed by atoms with Crippen molar-refractivity contribution in [2.75, 3.05) is 26.2 Å². The Bertz CT molecular complexity index is 546. The number of rotatable bonds is 6. The van der Waals surface area contributed by atoms with Gasteiger partial charge in [0.2, 0.25) is 5.91 Å². The van der Waals surface area contributed by atoms with Crippen molar-refractivity contribution in [3.05, 3.63) is 17.5 Å². The molecule has 0 saturated carbocycles. The Morgan fingerprint density at radius 1 is 1.45 bits per heavy atom. The van der Waals surface area contributed by atoms with Crippen molar-refractivity contribution in [1.29, 1.82) is 0 Å². The molecule has 1 aliphatic rings. The van der Waals surface area contributed by atoms with Gasteiger partial charge in [-0.25, -0.2) is 14.8 Å². The first-order valence-electron chi connectivity index (χ1n) is 7.25. The van der Waals surface area contributed by atoms with Crippen LogP contribution in [0.2, 0.25) is 0 Å². The second kappa shape index (κ2) is 7.44. The van der Waals surface area contributed by atoms with Gasteiger partial charge in [-0.05, 0) is 26.8 Å². The van der Waals surface area contributed by atoms with Crippen molar-refractivity contribution in [2.24, 2.45) is 0 Å². The maximum absolute atomic E-state index is 12.1. The summed E-state index contributed by atoms with van der Waals surface area (Å²) >= 11 is 1.34. The van der Waals surface area contributed by atoms with Gasteiger partial charge in [-0.2, -0.15) is 0 Å². The maximum atomic E-state index is 12.1. The third-order valence-electron chi connectivity index (χ3n) is 3.24. The van der Waals surface area contributed by atoms with E-state index in [1.807, 2.05) is 26.8 Å². The summed E-state index contributed by atoms with van der Waals surface area (Å²) in [5, 5.41) is 5.90. The minimum Gasteiger partial charge on any atom is -0.353 e. The van der Waals surface area contributed by atoms with Crippen LogP contribution in [0.5, 0.6) is 0 Å². The molecule has 0 aromatic carbocycles. The largest absolute Gasteiger partial charge is 0.353 e. The maximum Gasteiger partial charge on any atom is 0.317 e. The highest BCUT2D eigenvalue weighted by molar-refractivity contribution is 8.00. The van der Waals surface area contributed by atoms with E-state index in [2.05, 4.69) is 20.6 Å². The minimum atomic E-state index is -0.284. The number of hydrogen-bond donors (Lipinski definition) is 2. The van der Waals surface area contributed by atoms with E-state index in [0.717, 1.165) is 11.4 Å². The zero-order valence-corrected chi connectivity index (χ0v) is 13.9. The SMILES string of the molecule is Cc1cc(C)nc(SC(C)C(=O)NCCN2CCNC2=O)n1. The van der Waals surface area contributed by atoms with Gasteiger partial charge in [-0.3, -0.25) is 4.79 Å². The Kier molecular flexibility index (Phi) is 5.59. The number of urea groups is 1. The molecule has 1 saturated heterocycles. The molecule has 3 amide bonds. The third kappa shape index (κ3) is 4.59. The lowest BCUT2D eigenvalue weighted by Crippen LogP contribution is -2.39. The summed E-state index contributed by atoms with van der Waals surface area (Å²) in [4.78, 5) is 33.8. The Morgan fingerprint density at radius 3 is 2.73 bits per heavy atom. The first-order valence-corrected chi connectivity index (χ1v) is 8.13. The topological polar surface area (TPSA) is 87.2 Å². The molecule has 8 heteroatoms. The number of nitrogens with zero attached hydrogens (tertiary/aromatic N) is 3. The van der Waals surface area contributed by atoms with E-state index >= 15 is 0 Å². The fourth-order valence-corrected chi connectivity index (χ4v) is 3.04. The molecule has 7 nitrogen and oxygen atoms in total. The lowest BCUT2D eigenvalue weighted by molar-refractivity contribution is -0.120. The third-order valence-corrected chi connectivity index (χ3v) is 4.20. The van der Waals surface area contributed by atoms with Crippen molar-refractivity contribution in [2.45, 2.75) is 31.2 Å². The first-order chi connectivity index (χ1) is 10.5. The monoisotopic (exact) mass is 323 g/mol. The molecule has 2 rings (SSSR count). The van der Waals surface area contributed by atoms with E-state index in [-0.39, 0.29) is 17.2 Å².